The van der Waals surface area contributed by atoms with Gasteiger partial charge < -0.3 is 0 Å². The Hall–Kier alpha value is 0. The third-order valence-corrected chi connectivity index (χ3v) is 5.19. The monoisotopic (exact) mass is 252 g/mol. The summed E-state index contributed by atoms with van der Waals surface area (Å²) in [7, 11) is 0. The minimum absolute atomic E-state index is 0.843. The van der Waals surface area contributed by atoms with Gasteiger partial charge in [-0.3, -0.25) is 0 Å². The highest BCUT2D eigenvalue weighted by Crippen LogP contribution is 2.52. The third-order valence-electron chi connectivity index (χ3n) is 5.19. The molecule has 2 fully saturated rings. The Balaban J connectivity index is 0.000000180. The van der Waals surface area contributed by atoms with E-state index < -0.39 is 0 Å². The van der Waals surface area contributed by atoms with Gasteiger partial charge in [-0.15, -0.1) is 0 Å². The molecule has 0 atom stereocenters. The van der Waals surface area contributed by atoms with E-state index in [4.69, 9.17) is 0 Å². The second-order valence-corrected chi connectivity index (χ2v) is 6.75. The van der Waals surface area contributed by atoms with Crippen LogP contribution in [0.1, 0.15) is 104 Å². The van der Waals surface area contributed by atoms with E-state index >= 15 is 0 Å². The number of unbranched alkanes of at least 4 members (excludes halogenated alkanes) is 1. The first-order chi connectivity index (χ1) is 8.76. The van der Waals surface area contributed by atoms with E-state index in [0.29, 0.717) is 0 Å². The van der Waals surface area contributed by atoms with Crippen LogP contribution in [0, 0.1) is 11.3 Å². The zero-order valence-corrected chi connectivity index (χ0v) is 13.3. The molecular weight excluding hydrogens is 216 g/mol. The number of hydrogen-bond donors (Lipinski definition) is 0. The molecule has 0 aromatic rings. The molecule has 2 aliphatic carbocycles. The molecule has 2 saturated carbocycles. The van der Waals surface area contributed by atoms with Crippen molar-refractivity contribution in [1.29, 1.82) is 0 Å². The van der Waals surface area contributed by atoms with Gasteiger partial charge in [0.2, 0.25) is 0 Å². The minimum atomic E-state index is 0.843. The maximum absolute atomic E-state index is 2.34. The first-order valence-electron chi connectivity index (χ1n) is 8.76. The normalized spacial score (nSPS) is 22.2. The Morgan fingerprint density at radius 1 is 0.889 bits per heavy atom. The largest absolute Gasteiger partial charge is 0.0654 e. The lowest BCUT2D eigenvalue weighted by Gasteiger charge is -2.20. The Bertz CT molecular complexity index is 181. The minimum Gasteiger partial charge on any atom is -0.0654 e. The van der Waals surface area contributed by atoms with Crippen molar-refractivity contribution >= 4 is 0 Å². The van der Waals surface area contributed by atoms with Gasteiger partial charge in [-0.1, -0.05) is 85.0 Å². The molecule has 108 valence electrons. The van der Waals surface area contributed by atoms with Crippen LogP contribution in [0.25, 0.3) is 0 Å². The third kappa shape index (κ3) is 6.25. The molecule has 0 radical (unpaired) electrons. The molecule has 0 bridgehead atoms. The summed E-state index contributed by atoms with van der Waals surface area (Å²) in [5.41, 5.74) is 0.843. The zero-order valence-electron chi connectivity index (χ0n) is 13.3. The predicted octanol–water partition coefficient (Wildman–Crippen LogP) is 6.73. The molecule has 0 N–H and O–H groups in total. The van der Waals surface area contributed by atoms with Crippen LogP contribution in [0.5, 0.6) is 0 Å². The molecule has 0 saturated heterocycles. The molecular formula is C18H36. The Labute approximate surface area is 116 Å². The van der Waals surface area contributed by atoms with Gasteiger partial charge in [0.25, 0.3) is 0 Å². The van der Waals surface area contributed by atoms with Crippen molar-refractivity contribution in [3.63, 3.8) is 0 Å². The first-order valence-corrected chi connectivity index (χ1v) is 8.76. The van der Waals surface area contributed by atoms with Gasteiger partial charge in [-0.2, -0.15) is 0 Å². The van der Waals surface area contributed by atoms with E-state index in [0.717, 1.165) is 11.3 Å². The maximum atomic E-state index is 2.34. The summed E-state index contributed by atoms with van der Waals surface area (Å²) in [4.78, 5) is 0. The molecule has 0 spiro atoms. The molecule has 2 aliphatic rings. The van der Waals surface area contributed by atoms with Crippen LogP contribution in [0.3, 0.4) is 0 Å². The highest BCUT2D eigenvalue weighted by atomic mass is 14.4. The lowest BCUT2D eigenvalue weighted by Crippen LogP contribution is -2.04. The van der Waals surface area contributed by atoms with Crippen molar-refractivity contribution in [1.82, 2.24) is 0 Å². The molecule has 0 aromatic carbocycles. The van der Waals surface area contributed by atoms with Gasteiger partial charge in [0.05, 0.1) is 0 Å². The van der Waals surface area contributed by atoms with E-state index in [1.54, 1.807) is 0 Å². The molecule has 0 heterocycles. The first kappa shape index (κ1) is 16.1. The maximum Gasteiger partial charge on any atom is -0.0300 e. The van der Waals surface area contributed by atoms with Crippen LogP contribution in [-0.2, 0) is 0 Å². The molecule has 0 unspecified atom stereocenters. The van der Waals surface area contributed by atoms with Gasteiger partial charge in [0.1, 0.15) is 0 Å². The van der Waals surface area contributed by atoms with Gasteiger partial charge in [-0.05, 0) is 30.6 Å². The van der Waals surface area contributed by atoms with Crippen molar-refractivity contribution in [2.24, 2.45) is 11.3 Å². The predicted molar refractivity (Wildman–Crippen MR) is 83.0 cm³/mol. The second-order valence-electron chi connectivity index (χ2n) is 6.75. The van der Waals surface area contributed by atoms with E-state index in [2.05, 4.69) is 20.8 Å². The fourth-order valence-electron chi connectivity index (χ4n) is 3.39. The summed E-state index contributed by atoms with van der Waals surface area (Å²) in [5, 5.41) is 0. The van der Waals surface area contributed by atoms with Crippen molar-refractivity contribution < 1.29 is 0 Å². The van der Waals surface area contributed by atoms with Crippen LogP contribution in [-0.4, -0.2) is 0 Å². The van der Waals surface area contributed by atoms with Crippen LogP contribution in [0.2, 0.25) is 0 Å². The molecule has 2 rings (SSSR count). The van der Waals surface area contributed by atoms with Crippen molar-refractivity contribution in [2.75, 3.05) is 0 Å². The number of hydrogen-bond acceptors (Lipinski definition) is 0. The van der Waals surface area contributed by atoms with Crippen LogP contribution < -0.4 is 0 Å². The molecule has 0 aliphatic heterocycles. The zero-order chi connectivity index (χ0) is 13.3. The summed E-state index contributed by atoms with van der Waals surface area (Å²) >= 11 is 0. The van der Waals surface area contributed by atoms with Crippen LogP contribution in [0.15, 0.2) is 0 Å². The van der Waals surface area contributed by atoms with Gasteiger partial charge in [0.15, 0.2) is 0 Å². The quantitative estimate of drug-likeness (QED) is 0.491. The smallest absolute Gasteiger partial charge is 0.0300 e. The fraction of sp³-hybridized carbons (Fsp3) is 1.00. The van der Waals surface area contributed by atoms with E-state index in [1.165, 1.54) is 83.5 Å². The average molecular weight is 252 g/mol. The summed E-state index contributed by atoms with van der Waals surface area (Å²) < 4.78 is 0. The van der Waals surface area contributed by atoms with Crippen LogP contribution >= 0.6 is 0 Å². The molecule has 0 aromatic heterocycles. The van der Waals surface area contributed by atoms with E-state index in [1.807, 2.05) is 0 Å². The summed E-state index contributed by atoms with van der Waals surface area (Å²) in [6, 6.07) is 0. The van der Waals surface area contributed by atoms with E-state index in [9.17, 15) is 0 Å². The average Bonchev–Trinajstić information content (AvgIpc) is 3.19. The summed E-state index contributed by atoms with van der Waals surface area (Å²) in [5.74, 6) is 1.10. The standard InChI is InChI=1S/2C9H18/c1-3-5-6-9(4-2)7-8-9;1-2-6-9-7-4-3-5-8-9/h3-8H2,1-2H3;9H,2-8H2,1H3. The Morgan fingerprint density at radius 3 is 2.00 bits per heavy atom. The Kier molecular flexibility index (Phi) is 8.02. The fourth-order valence-corrected chi connectivity index (χ4v) is 3.39. The lowest BCUT2D eigenvalue weighted by molar-refractivity contribution is 0.336. The van der Waals surface area contributed by atoms with Gasteiger partial charge in [0, 0.05) is 0 Å². The lowest BCUT2D eigenvalue weighted by atomic mass is 9.86. The topological polar surface area (TPSA) is 0 Å². The van der Waals surface area contributed by atoms with Crippen molar-refractivity contribution in [2.45, 2.75) is 104 Å². The van der Waals surface area contributed by atoms with E-state index in [-0.39, 0.29) is 0 Å². The van der Waals surface area contributed by atoms with Gasteiger partial charge in [-0.25, -0.2) is 0 Å². The molecule has 0 nitrogen and oxygen atoms in total. The SMILES string of the molecule is CCCC1CCCCC1.CCCCC1(CC)CC1. The molecule has 0 amide bonds. The summed E-state index contributed by atoms with van der Waals surface area (Å²) in [6.45, 7) is 6.92. The summed E-state index contributed by atoms with van der Waals surface area (Å²) in [6.07, 6.45) is 19.2. The highest BCUT2D eigenvalue weighted by molar-refractivity contribution is 4.91. The van der Waals surface area contributed by atoms with Crippen molar-refractivity contribution in [3.8, 4) is 0 Å². The van der Waals surface area contributed by atoms with Crippen molar-refractivity contribution in [3.05, 3.63) is 0 Å². The molecule has 0 heteroatoms. The van der Waals surface area contributed by atoms with Crippen LogP contribution in [0.4, 0.5) is 0 Å². The second kappa shape index (κ2) is 8.99. The molecule has 18 heavy (non-hydrogen) atoms. The highest BCUT2D eigenvalue weighted by Gasteiger charge is 2.39. The number of rotatable bonds is 6. The Morgan fingerprint density at radius 2 is 1.56 bits per heavy atom. The van der Waals surface area contributed by atoms with Gasteiger partial charge >= 0.3 is 0 Å².